The molecule has 0 aliphatic heterocycles. The Morgan fingerprint density at radius 3 is 1.04 bits per heavy atom. The van der Waals surface area contributed by atoms with Crippen molar-refractivity contribution in [1.29, 1.82) is 0 Å². The highest BCUT2D eigenvalue weighted by atomic mass is 31.2. The minimum Gasteiger partial charge on any atom is -0.387 e. The molecule has 0 fully saturated rings. The first-order valence-electron chi connectivity index (χ1n) is 34.9. The lowest BCUT2D eigenvalue weighted by Gasteiger charge is -2.25. The van der Waals surface area contributed by atoms with Gasteiger partial charge in [0.15, 0.2) is 0 Å². The number of allylic oxidation sites excluding steroid dienone is 5. The van der Waals surface area contributed by atoms with Crippen LogP contribution in [0.3, 0.4) is 0 Å². The van der Waals surface area contributed by atoms with Crippen molar-refractivity contribution in [2.75, 3.05) is 40.9 Å². The number of unbranched alkanes of at least 4 members (excludes halogenated alkanes) is 48. The Morgan fingerprint density at radius 1 is 0.430 bits per heavy atom. The molecule has 3 N–H and O–H groups in total. The fraction of sp³-hybridized carbons (Fsp3) is 0.900. The van der Waals surface area contributed by atoms with Crippen LogP contribution >= 0.6 is 7.82 Å². The number of nitrogens with one attached hydrogen (secondary N) is 1. The van der Waals surface area contributed by atoms with Gasteiger partial charge in [0.1, 0.15) is 13.2 Å². The van der Waals surface area contributed by atoms with Crippen molar-refractivity contribution in [3.8, 4) is 0 Å². The zero-order valence-corrected chi connectivity index (χ0v) is 54.5. The van der Waals surface area contributed by atoms with Gasteiger partial charge >= 0.3 is 7.82 Å². The van der Waals surface area contributed by atoms with E-state index in [1.807, 2.05) is 27.2 Å². The number of phosphoric acid groups is 1. The summed E-state index contributed by atoms with van der Waals surface area (Å²) in [6.07, 6.45) is 81.5. The van der Waals surface area contributed by atoms with Gasteiger partial charge in [-0.25, -0.2) is 4.57 Å². The van der Waals surface area contributed by atoms with Crippen LogP contribution in [-0.2, 0) is 18.4 Å². The van der Waals surface area contributed by atoms with Crippen molar-refractivity contribution in [3.63, 3.8) is 0 Å². The van der Waals surface area contributed by atoms with E-state index >= 15 is 0 Å². The van der Waals surface area contributed by atoms with Crippen LogP contribution in [0, 0.1) is 0 Å². The summed E-state index contributed by atoms with van der Waals surface area (Å²) >= 11 is 0. The SMILES string of the molecule is CCCCCCCCCCC/C=C\C/C=C\CCCCCCCCCCCCCCCCCCCC(=O)NC(COP(=O)(O)OCC[N+](C)(C)C)C(O)/C=C/CCCCCCCCCCCCCCCCCCCCCCCC. The average Bonchev–Trinajstić information content (AvgIpc) is 3.42. The van der Waals surface area contributed by atoms with Crippen molar-refractivity contribution in [2.24, 2.45) is 0 Å². The summed E-state index contributed by atoms with van der Waals surface area (Å²) in [5.41, 5.74) is 0. The summed E-state index contributed by atoms with van der Waals surface area (Å²) in [5.74, 6) is -0.170. The summed E-state index contributed by atoms with van der Waals surface area (Å²) < 4.78 is 23.8. The van der Waals surface area contributed by atoms with E-state index in [9.17, 15) is 19.4 Å². The minimum absolute atomic E-state index is 0.0633. The summed E-state index contributed by atoms with van der Waals surface area (Å²) in [4.78, 5) is 23.4. The molecule has 0 radical (unpaired) electrons. The van der Waals surface area contributed by atoms with E-state index in [0.29, 0.717) is 17.4 Å². The highest BCUT2D eigenvalue weighted by Gasteiger charge is 2.28. The first-order chi connectivity index (χ1) is 38.5. The van der Waals surface area contributed by atoms with Gasteiger partial charge in [0.2, 0.25) is 5.91 Å². The van der Waals surface area contributed by atoms with Gasteiger partial charge in [-0.1, -0.05) is 333 Å². The number of rotatable bonds is 65. The number of likely N-dealkylation sites (N-methyl/N-ethyl adjacent to an activating group) is 1. The van der Waals surface area contributed by atoms with Gasteiger partial charge in [0.25, 0.3) is 0 Å². The molecule has 0 heterocycles. The standard InChI is InChI=1S/C70H137N2O6P/c1-6-8-10-12-14-16-18-20-22-24-26-28-30-32-33-34-35-36-37-38-39-40-42-44-46-48-50-52-54-56-58-60-62-64-70(74)71-68(67-78-79(75,76)77-66-65-72(3,4)5)69(73)63-61-59-57-55-53-51-49-47-45-43-41-31-29-27-25-23-21-19-17-15-13-11-9-7-2/h26,28,32-33,61,63,68-69,73H,6-25,27,29-31,34-60,62,64-67H2,1-5H3,(H-,71,74,75,76)/p+1/b28-26-,33-32-,63-61+. The van der Waals surface area contributed by atoms with Crippen LogP contribution in [0.25, 0.3) is 0 Å². The Kier molecular flexibility index (Phi) is 60.3. The molecule has 0 aromatic rings. The molecule has 3 unspecified atom stereocenters. The van der Waals surface area contributed by atoms with Crippen LogP contribution in [0.5, 0.6) is 0 Å². The lowest BCUT2D eigenvalue weighted by Crippen LogP contribution is -2.45. The Bertz CT molecular complexity index is 1380. The fourth-order valence-corrected chi connectivity index (χ4v) is 11.4. The molecule has 0 rings (SSSR count). The third-order valence-electron chi connectivity index (χ3n) is 16.1. The number of phosphoric ester groups is 1. The lowest BCUT2D eigenvalue weighted by molar-refractivity contribution is -0.870. The lowest BCUT2D eigenvalue weighted by atomic mass is 10.0. The van der Waals surface area contributed by atoms with E-state index in [0.717, 1.165) is 38.5 Å². The maximum Gasteiger partial charge on any atom is 0.472 e. The van der Waals surface area contributed by atoms with E-state index in [4.69, 9.17) is 9.05 Å². The predicted octanol–water partition coefficient (Wildman–Crippen LogP) is 22.1. The van der Waals surface area contributed by atoms with Crippen LogP contribution in [-0.4, -0.2) is 73.4 Å². The number of carbonyl (C=O) groups excluding carboxylic acids is 1. The molecule has 79 heavy (non-hydrogen) atoms. The Balaban J connectivity index is 4.04. The molecule has 3 atom stereocenters. The molecular weight excluding hydrogens is 996 g/mol. The highest BCUT2D eigenvalue weighted by Crippen LogP contribution is 2.43. The zero-order chi connectivity index (χ0) is 57.7. The first kappa shape index (κ1) is 77.7. The van der Waals surface area contributed by atoms with Gasteiger partial charge in [-0.2, -0.15) is 0 Å². The van der Waals surface area contributed by atoms with Crippen LogP contribution in [0.1, 0.15) is 354 Å². The molecular formula is C70H138N2O6P+. The quantitative estimate of drug-likeness (QED) is 0.0243. The van der Waals surface area contributed by atoms with Crippen molar-refractivity contribution in [1.82, 2.24) is 5.32 Å². The predicted molar refractivity (Wildman–Crippen MR) is 346 cm³/mol. The third kappa shape index (κ3) is 64.1. The van der Waals surface area contributed by atoms with E-state index in [2.05, 4.69) is 43.5 Å². The monoisotopic (exact) mass is 1130 g/mol. The molecule has 0 aromatic carbocycles. The Morgan fingerprint density at radius 2 is 0.722 bits per heavy atom. The Labute approximate surface area is 493 Å². The van der Waals surface area contributed by atoms with Gasteiger partial charge in [-0.15, -0.1) is 0 Å². The maximum absolute atomic E-state index is 13.0. The number of hydrogen-bond acceptors (Lipinski definition) is 5. The van der Waals surface area contributed by atoms with Crippen molar-refractivity contribution in [2.45, 2.75) is 366 Å². The smallest absolute Gasteiger partial charge is 0.387 e. The summed E-state index contributed by atoms with van der Waals surface area (Å²) in [5, 5.41) is 14.0. The summed E-state index contributed by atoms with van der Waals surface area (Å²) in [6, 6.07) is -0.847. The highest BCUT2D eigenvalue weighted by molar-refractivity contribution is 7.47. The maximum atomic E-state index is 13.0. The minimum atomic E-state index is -4.35. The van der Waals surface area contributed by atoms with E-state index in [1.54, 1.807) is 6.08 Å². The normalized spacial score (nSPS) is 13.9. The van der Waals surface area contributed by atoms with E-state index in [1.165, 1.54) is 295 Å². The molecule has 8 nitrogen and oxygen atoms in total. The molecule has 468 valence electrons. The molecule has 1 amide bonds. The van der Waals surface area contributed by atoms with Crippen molar-refractivity contribution in [3.05, 3.63) is 36.5 Å². The average molecular weight is 1130 g/mol. The van der Waals surface area contributed by atoms with Crippen LogP contribution < -0.4 is 5.32 Å². The molecule has 0 saturated heterocycles. The molecule has 9 heteroatoms. The van der Waals surface area contributed by atoms with E-state index < -0.39 is 20.0 Å². The molecule has 0 saturated carbocycles. The second kappa shape index (κ2) is 61.3. The second-order valence-corrected chi connectivity index (χ2v) is 26.7. The molecule has 0 spiro atoms. The van der Waals surface area contributed by atoms with Gasteiger partial charge in [-0.3, -0.25) is 13.8 Å². The molecule has 0 bridgehead atoms. The number of quaternary nitrogens is 1. The second-order valence-electron chi connectivity index (χ2n) is 25.3. The van der Waals surface area contributed by atoms with Gasteiger partial charge < -0.3 is 19.8 Å². The third-order valence-corrected chi connectivity index (χ3v) is 17.1. The van der Waals surface area contributed by atoms with Gasteiger partial charge in [0.05, 0.1) is 39.9 Å². The van der Waals surface area contributed by atoms with Crippen LogP contribution in [0.15, 0.2) is 36.5 Å². The number of nitrogens with zero attached hydrogens (tertiary/aromatic N) is 1. The first-order valence-corrected chi connectivity index (χ1v) is 36.4. The number of hydrogen-bond donors (Lipinski definition) is 3. The molecule has 0 aliphatic rings. The molecule has 0 aliphatic carbocycles. The van der Waals surface area contributed by atoms with Gasteiger partial charge in [-0.05, 0) is 51.4 Å². The number of aliphatic hydroxyl groups excluding tert-OH is 1. The largest absolute Gasteiger partial charge is 0.472 e. The fourth-order valence-electron chi connectivity index (χ4n) is 10.7. The Hall–Kier alpha value is -1.28. The number of amides is 1. The topological polar surface area (TPSA) is 105 Å². The number of aliphatic hydroxyl groups is 1. The zero-order valence-electron chi connectivity index (χ0n) is 53.6. The van der Waals surface area contributed by atoms with Crippen molar-refractivity contribution < 1.29 is 32.9 Å². The van der Waals surface area contributed by atoms with Crippen LogP contribution in [0.4, 0.5) is 0 Å². The van der Waals surface area contributed by atoms with Crippen molar-refractivity contribution >= 4 is 13.7 Å². The molecule has 0 aromatic heterocycles. The summed E-state index contributed by atoms with van der Waals surface area (Å²) in [7, 11) is 1.59. The van der Waals surface area contributed by atoms with Crippen LogP contribution in [0.2, 0.25) is 0 Å². The van der Waals surface area contributed by atoms with Gasteiger partial charge in [0, 0.05) is 6.42 Å². The summed E-state index contributed by atoms with van der Waals surface area (Å²) in [6.45, 7) is 4.87. The number of carbonyl (C=O) groups is 1. The van der Waals surface area contributed by atoms with E-state index in [-0.39, 0.29) is 19.1 Å².